The van der Waals surface area contributed by atoms with Crippen molar-refractivity contribution in [1.29, 1.82) is 0 Å². The number of hydrogen-bond acceptors (Lipinski definition) is 12. The molecule has 2 aromatic rings. The second kappa shape index (κ2) is 8.61. The van der Waals surface area contributed by atoms with E-state index in [2.05, 4.69) is 33.4 Å². The molecule has 4 aliphatic heterocycles. The van der Waals surface area contributed by atoms with Gasteiger partial charge in [0.2, 0.25) is 5.95 Å². The number of hydrogen-bond donors (Lipinski definition) is 6. The van der Waals surface area contributed by atoms with Crippen LogP contribution in [0.25, 0.3) is 0 Å². The van der Waals surface area contributed by atoms with Crippen molar-refractivity contribution in [2.75, 3.05) is 18.9 Å². The first-order valence-corrected chi connectivity index (χ1v) is 13.9. The van der Waals surface area contributed by atoms with Gasteiger partial charge in [0.1, 0.15) is 36.7 Å². The van der Waals surface area contributed by atoms with Crippen molar-refractivity contribution in [3.05, 3.63) is 41.2 Å². The molecule has 13 nitrogen and oxygen atoms in total. The van der Waals surface area contributed by atoms with E-state index in [-0.39, 0.29) is 23.5 Å². The Morgan fingerprint density at radius 2 is 1.95 bits per heavy atom. The number of rotatable bonds is 3. The lowest BCUT2D eigenvalue weighted by Crippen LogP contribution is -2.66. The SMILES string of the molecule is CN1CC[C@]23c4c5ccc(O)c4O[C@H]2C(O[C@@H]2OC(c4nc6n(n4)CCC(O)N6)[C@@H](O)C(O)[C@@H]2O)C=CC3[C@H]1C5. The van der Waals surface area contributed by atoms with Crippen LogP contribution < -0.4 is 10.1 Å². The topological polar surface area (TPSA) is 175 Å². The lowest BCUT2D eigenvalue weighted by atomic mass is 9.53. The molecule has 11 atom stereocenters. The quantitative estimate of drug-likeness (QED) is 0.259. The number of nitrogens with one attached hydrogen (secondary N) is 1. The van der Waals surface area contributed by atoms with Crippen molar-refractivity contribution in [3.8, 4) is 11.5 Å². The lowest BCUT2D eigenvalue weighted by Gasteiger charge is -2.57. The van der Waals surface area contributed by atoms with Crippen LogP contribution in [0, 0.1) is 5.92 Å². The average molecular weight is 556 g/mol. The maximum atomic E-state index is 10.9. The van der Waals surface area contributed by atoms with Gasteiger partial charge in [0.25, 0.3) is 0 Å². The number of fused-ring (bicyclic) bond motifs is 1. The number of aliphatic hydroxyl groups excluding tert-OH is 4. The number of phenols is 1. The fourth-order valence-electron chi connectivity index (χ4n) is 7.87. The van der Waals surface area contributed by atoms with E-state index in [1.54, 1.807) is 10.7 Å². The number of likely N-dealkylation sites (tertiary alicyclic amines) is 1. The van der Waals surface area contributed by atoms with E-state index in [0.29, 0.717) is 24.7 Å². The summed E-state index contributed by atoms with van der Waals surface area (Å²) < 4.78 is 20.5. The summed E-state index contributed by atoms with van der Waals surface area (Å²) >= 11 is 0. The predicted molar refractivity (Wildman–Crippen MR) is 136 cm³/mol. The summed E-state index contributed by atoms with van der Waals surface area (Å²) in [4.78, 5) is 6.74. The summed E-state index contributed by atoms with van der Waals surface area (Å²) in [5.74, 6) is 1.18. The summed E-state index contributed by atoms with van der Waals surface area (Å²) in [5, 5.41) is 60.4. The molecule has 0 amide bonds. The number of anilines is 1. The van der Waals surface area contributed by atoms with Crippen molar-refractivity contribution in [3.63, 3.8) is 0 Å². The molecule has 0 saturated carbocycles. The minimum Gasteiger partial charge on any atom is -0.504 e. The first-order chi connectivity index (χ1) is 19.3. The Bertz CT molecular complexity index is 1380. The molecule has 2 fully saturated rings. The van der Waals surface area contributed by atoms with Gasteiger partial charge in [-0.05, 0) is 38.1 Å². The van der Waals surface area contributed by atoms with Crippen molar-refractivity contribution in [2.24, 2.45) is 5.92 Å². The Kier molecular flexibility index (Phi) is 5.38. The van der Waals surface area contributed by atoms with Crippen LogP contribution in [0.3, 0.4) is 0 Å². The number of ether oxygens (including phenoxy) is 3. The highest BCUT2D eigenvalue weighted by Crippen LogP contribution is 2.62. The van der Waals surface area contributed by atoms with Crippen LogP contribution in [0.4, 0.5) is 5.95 Å². The Hall–Kier alpha value is -2.78. The van der Waals surface area contributed by atoms with Gasteiger partial charge in [-0.1, -0.05) is 18.2 Å². The monoisotopic (exact) mass is 555 g/mol. The highest BCUT2D eigenvalue weighted by molar-refractivity contribution is 5.61. The maximum Gasteiger partial charge on any atom is 0.223 e. The number of benzene rings is 1. The molecule has 2 bridgehead atoms. The summed E-state index contributed by atoms with van der Waals surface area (Å²) in [5.41, 5.74) is 1.80. The van der Waals surface area contributed by atoms with Crippen LogP contribution in [0.15, 0.2) is 24.3 Å². The summed E-state index contributed by atoms with van der Waals surface area (Å²) in [6.07, 6.45) is -2.86. The zero-order valence-corrected chi connectivity index (χ0v) is 21.9. The molecule has 1 aromatic heterocycles. The molecule has 1 aromatic carbocycles. The van der Waals surface area contributed by atoms with E-state index in [1.165, 1.54) is 5.56 Å². The first kappa shape index (κ1) is 25.0. The molecule has 214 valence electrons. The Labute approximate surface area is 229 Å². The number of piperidine rings is 1. The summed E-state index contributed by atoms with van der Waals surface area (Å²) in [7, 11) is 2.14. The predicted octanol–water partition coefficient (Wildman–Crippen LogP) is -0.872. The smallest absolute Gasteiger partial charge is 0.223 e. The molecular weight excluding hydrogens is 522 g/mol. The van der Waals surface area contributed by atoms with Gasteiger partial charge in [0, 0.05) is 35.9 Å². The fraction of sp³-hybridized carbons (Fsp3) is 0.630. The van der Waals surface area contributed by atoms with Crippen molar-refractivity contribution < 1.29 is 39.7 Å². The fourth-order valence-corrected chi connectivity index (χ4v) is 7.87. The minimum absolute atomic E-state index is 0.0958. The second-order valence-electron chi connectivity index (χ2n) is 11.9. The molecule has 1 spiro atoms. The highest BCUT2D eigenvalue weighted by Gasteiger charge is 2.65. The van der Waals surface area contributed by atoms with Crippen LogP contribution in [0.5, 0.6) is 11.5 Å². The van der Waals surface area contributed by atoms with Gasteiger partial charge < -0.3 is 50.0 Å². The number of aliphatic hydroxyl groups is 4. The Morgan fingerprint density at radius 1 is 1.10 bits per heavy atom. The number of likely N-dealkylation sites (N-methyl/N-ethyl adjacent to an activating group) is 1. The third-order valence-corrected chi connectivity index (χ3v) is 9.84. The molecule has 2 aliphatic carbocycles. The second-order valence-corrected chi connectivity index (χ2v) is 11.9. The standard InChI is InChI=1S/C27H33N5O8/c1-31-9-7-27-12-3-5-15(23(27)39-21-14(33)4-2-11(17(21)27)10-13(12)31)38-25-20(37)18(35)19(36)22(40-25)24-29-26-28-16(34)6-8-32(26)30-24/h2-5,12-13,15-16,18-20,22-23,25,33-37H,6-10H2,1H3,(H,28,29,30)/t12?,13-,15?,16?,18?,19+,20+,22?,23+,25-,27+/m1/s1. The molecule has 6 aliphatic rings. The normalized spacial score (nSPS) is 43.0. The molecule has 5 unspecified atom stereocenters. The molecule has 6 N–H and O–H groups in total. The van der Waals surface area contributed by atoms with E-state index in [1.807, 2.05) is 12.1 Å². The average Bonchev–Trinajstić information content (AvgIpc) is 3.52. The van der Waals surface area contributed by atoms with E-state index in [9.17, 15) is 25.5 Å². The first-order valence-electron chi connectivity index (χ1n) is 13.9. The van der Waals surface area contributed by atoms with E-state index >= 15 is 0 Å². The Morgan fingerprint density at radius 3 is 2.80 bits per heavy atom. The van der Waals surface area contributed by atoms with Crippen molar-refractivity contribution >= 4 is 5.95 Å². The van der Waals surface area contributed by atoms with Crippen molar-refractivity contribution in [1.82, 2.24) is 19.7 Å². The van der Waals surface area contributed by atoms with E-state index < -0.39 is 54.6 Å². The number of phenolic OH excluding ortho intramolecular Hbond substituents is 1. The molecule has 5 heterocycles. The van der Waals surface area contributed by atoms with Crippen LogP contribution >= 0.6 is 0 Å². The zero-order valence-electron chi connectivity index (χ0n) is 21.9. The largest absolute Gasteiger partial charge is 0.504 e. The molecular formula is C27H33N5O8. The minimum atomic E-state index is -1.58. The maximum absolute atomic E-state index is 10.9. The molecule has 40 heavy (non-hydrogen) atoms. The Balaban J connectivity index is 1.12. The van der Waals surface area contributed by atoms with Crippen LogP contribution in [0.2, 0.25) is 0 Å². The molecule has 8 rings (SSSR count). The summed E-state index contributed by atoms with van der Waals surface area (Å²) in [6, 6.07) is 3.95. The summed E-state index contributed by atoms with van der Waals surface area (Å²) in [6.45, 7) is 1.29. The molecule has 13 heteroatoms. The molecule has 2 saturated heterocycles. The third-order valence-electron chi connectivity index (χ3n) is 9.84. The van der Waals surface area contributed by atoms with Gasteiger partial charge in [0.05, 0.1) is 0 Å². The number of aromatic hydroxyl groups is 1. The number of aromatic nitrogens is 3. The van der Waals surface area contributed by atoms with Gasteiger partial charge in [-0.2, -0.15) is 10.1 Å². The zero-order chi connectivity index (χ0) is 27.5. The van der Waals surface area contributed by atoms with Gasteiger partial charge >= 0.3 is 0 Å². The van der Waals surface area contributed by atoms with Crippen LogP contribution in [0.1, 0.15) is 35.9 Å². The highest BCUT2D eigenvalue weighted by atomic mass is 16.7. The van der Waals surface area contributed by atoms with Gasteiger partial charge in [-0.3, -0.25) is 0 Å². The molecule has 0 radical (unpaired) electrons. The lowest BCUT2D eigenvalue weighted by molar-refractivity contribution is -0.314. The van der Waals surface area contributed by atoms with Gasteiger partial charge in [-0.25, -0.2) is 4.68 Å². The van der Waals surface area contributed by atoms with Crippen molar-refractivity contribution in [2.45, 2.75) is 86.4 Å². The number of aryl methyl sites for hydroxylation is 1. The van der Waals surface area contributed by atoms with Crippen LogP contribution in [-0.4, -0.2) is 108 Å². The van der Waals surface area contributed by atoms with Gasteiger partial charge in [0.15, 0.2) is 29.7 Å². The van der Waals surface area contributed by atoms with E-state index in [4.69, 9.17) is 14.2 Å². The van der Waals surface area contributed by atoms with Gasteiger partial charge in [-0.15, -0.1) is 0 Å². The van der Waals surface area contributed by atoms with E-state index in [0.717, 1.165) is 24.9 Å². The number of nitrogens with zero attached hydrogens (tertiary/aromatic N) is 4. The van der Waals surface area contributed by atoms with Crippen LogP contribution in [-0.2, 0) is 27.9 Å². The third kappa shape index (κ3) is 3.27.